The Hall–Kier alpha value is -9.32. The molecule has 8 aromatic carbocycles. The van der Waals surface area contributed by atoms with Gasteiger partial charge in [0.1, 0.15) is 85.2 Å². The molecule has 2 heterocycles. The van der Waals surface area contributed by atoms with Gasteiger partial charge in [-0.15, -0.1) is 30.0 Å². The quantitative estimate of drug-likeness (QED) is 0.0736. The fraction of sp³-hybridized carbons (Fsp3) is 0.0909. The second kappa shape index (κ2) is 23.3. The van der Waals surface area contributed by atoms with E-state index < -0.39 is 11.6 Å². The molecule has 0 aliphatic rings. The Morgan fingerprint density at radius 1 is 0.392 bits per heavy atom. The van der Waals surface area contributed by atoms with Crippen LogP contribution in [0.4, 0.5) is 0 Å². The van der Waals surface area contributed by atoms with Gasteiger partial charge in [0.15, 0.2) is 11.6 Å². The van der Waals surface area contributed by atoms with E-state index in [2.05, 4.69) is 20.4 Å². The number of carbonyl (C=O) groups is 2. The molecule has 10 rings (SSSR count). The summed E-state index contributed by atoms with van der Waals surface area (Å²) >= 11 is 11.9. The molecule has 0 fully saturated rings. The summed E-state index contributed by atoms with van der Waals surface area (Å²) in [5, 5.41) is 76.8. The van der Waals surface area contributed by atoms with Crippen LogP contribution in [0.2, 0.25) is 10.0 Å². The lowest BCUT2D eigenvalue weighted by atomic mass is 10.0. The number of para-hydroxylation sites is 1. The van der Waals surface area contributed by atoms with Crippen molar-refractivity contribution in [1.82, 2.24) is 30.0 Å². The van der Waals surface area contributed by atoms with E-state index in [0.29, 0.717) is 49.7 Å². The summed E-state index contributed by atoms with van der Waals surface area (Å²) in [6.07, 6.45) is 0. The molecule has 19 heteroatoms. The number of halogens is 2. The SMILES string of the molecule is COc1ccc(C(=O)c2ccc(OC)cc2O)c(O)c1.COc1ccc(C(=O)c2ccccc2O)c(O)c1.Cc1ccc(O)c(-n2nc3cc(Cl)c(Cl)cc3n2)c1.Cc1ccc(O)c(-n2nc3ccccc3n2)c1. The Kier molecular flexibility index (Phi) is 16.5. The highest BCUT2D eigenvalue weighted by molar-refractivity contribution is 6.42. The van der Waals surface area contributed by atoms with Gasteiger partial charge < -0.3 is 44.8 Å². The van der Waals surface area contributed by atoms with Crippen LogP contribution in [-0.2, 0) is 0 Å². The maximum atomic E-state index is 12.3. The van der Waals surface area contributed by atoms with Gasteiger partial charge in [0.05, 0.1) is 53.6 Å². The minimum atomic E-state index is -0.481. The van der Waals surface area contributed by atoms with E-state index in [0.717, 1.165) is 22.2 Å². The van der Waals surface area contributed by atoms with Crippen LogP contribution in [0.5, 0.6) is 51.7 Å². The summed E-state index contributed by atoms with van der Waals surface area (Å²) in [6, 6.07) is 40.8. The minimum Gasteiger partial charge on any atom is -0.507 e. The topological polar surface area (TPSA) is 245 Å². The number of rotatable bonds is 9. The highest BCUT2D eigenvalue weighted by atomic mass is 35.5. The number of aryl methyl sites for hydroxylation is 2. The zero-order chi connectivity index (χ0) is 53.2. The van der Waals surface area contributed by atoms with E-state index in [9.17, 15) is 40.2 Å². The van der Waals surface area contributed by atoms with Gasteiger partial charge >= 0.3 is 0 Å². The molecule has 0 aliphatic heterocycles. The molecule has 0 spiro atoms. The molecule has 0 saturated carbocycles. The summed E-state index contributed by atoms with van der Waals surface area (Å²) in [6.45, 7) is 3.89. The number of ketones is 2. The summed E-state index contributed by atoms with van der Waals surface area (Å²) in [7, 11) is 4.40. The molecule has 74 heavy (non-hydrogen) atoms. The van der Waals surface area contributed by atoms with Crippen LogP contribution in [-0.4, -0.2) is 93.5 Å². The van der Waals surface area contributed by atoms with Crippen LogP contribution in [0.25, 0.3) is 33.4 Å². The number of aromatic hydroxyl groups is 6. The second-order valence-corrected chi connectivity index (χ2v) is 16.8. The normalized spacial score (nSPS) is 10.5. The van der Waals surface area contributed by atoms with Crippen molar-refractivity contribution < 1.29 is 54.4 Å². The van der Waals surface area contributed by atoms with Crippen molar-refractivity contribution in [3.05, 3.63) is 195 Å². The number of nitrogens with zero attached hydrogens (tertiary/aromatic N) is 6. The van der Waals surface area contributed by atoms with E-state index in [1.807, 2.05) is 56.3 Å². The zero-order valence-electron chi connectivity index (χ0n) is 40.1. The number of phenolic OH excluding ortho intramolecular Hbond substituents is 6. The Labute approximate surface area is 432 Å². The highest BCUT2D eigenvalue weighted by Gasteiger charge is 2.19. The molecule has 17 nitrogen and oxygen atoms in total. The molecule has 0 atom stereocenters. The van der Waals surface area contributed by atoms with E-state index in [1.165, 1.54) is 79.5 Å². The molecule has 0 unspecified atom stereocenters. The van der Waals surface area contributed by atoms with Crippen LogP contribution < -0.4 is 14.2 Å². The van der Waals surface area contributed by atoms with Gasteiger partial charge in [0.2, 0.25) is 0 Å². The van der Waals surface area contributed by atoms with Gasteiger partial charge in [0, 0.05) is 18.2 Å². The molecule has 6 N–H and O–H groups in total. The number of fused-ring (bicyclic) bond motifs is 2. The van der Waals surface area contributed by atoms with E-state index >= 15 is 0 Å². The van der Waals surface area contributed by atoms with Crippen molar-refractivity contribution in [3.8, 4) is 63.1 Å². The second-order valence-electron chi connectivity index (χ2n) is 16.0. The lowest BCUT2D eigenvalue weighted by molar-refractivity contribution is 0.102. The van der Waals surface area contributed by atoms with Gasteiger partial charge in [0.25, 0.3) is 0 Å². The maximum absolute atomic E-state index is 12.3. The maximum Gasteiger partial charge on any atom is 0.200 e. The molecule has 0 aliphatic carbocycles. The average Bonchev–Trinajstić information content (AvgIpc) is 4.02. The average molecular weight is 1040 g/mol. The van der Waals surface area contributed by atoms with Crippen molar-refractivity contribution in [2.24, 2.45) is 0 Å². The number of carbonyl (C=O) groups excluding carboxylic acids is 2. The molecular formula is C55H46Cl2N6O11. The third kappa shape index (κ3) is 12.2. The van der Waals surface area contributed by atoms with Crippen molar-refractivity contribution >= 4 is 56.8 Å². The summed E-state index contributed by atoms with van der Waals surface area (Å²) < 4.78 is 14.8. The fourth-order valence-electron chi connectivity index (χ4n) is 7.02. The molecule has 10 aromatic rings. The van der Waals surface area contributed by atoms with Crippen molar-refractivity contribution in [2.75, 3.05) is 21.3 Å². The molecule has 0 amide bonds. The monoisotopic (exact) mass is 1040 g/mol. The number of hydrogen-bond acceptors (Lipinski definition) is 15. The lowest BCUT2D eigenvalue weighted by Gasteiger charge is -2.08. The number of aromatic nitrogens is 6. The molecule has 0 saturated heterocycles. The molecule has 376 valence electrons. The minimum absolute atomic E-state index is 0.0891. The molecule has 0 bridgehead atoms. The van der Waals surface area contributed by atoms with Gasteiger partial charge in [-0.2, -0.15) is 0 Å². The predicted molar refractivity (Wildman–Crippen MR) is 280 cm³/mol. The smallest absolute Gasteiger partial charge is 0.200 e. The Morgan fingerprint density at radius 2 is 0.730 bits per heavy atom. The van der Waals surface area contributed by atoms with E-state index in [1.54, 1.807) is 60.7 Å². The third-order valence-corrected chi connectivity index (χ3v) is 11.6. The van der Waals surface area contributed by atoms with Crippen molar-refractivity contribution in [2.45, 2.75) is 13.8 Å². The first-order chi connectivity index (χ1) is 35.5. The number of methoxy groups -OCH3 is 3. The fourth-order valence-corrected chi connectivity index (χ4v) is 7.34. The third-order valence-electron chi connectivity index (χ3n) is 10.9. The van der Waals surface area contributed by atoms with Crippen LogP contribution >= 0.6 is 23.2 Å². The first-order valence-electron chi connectivity index (χ1n) is 22.1. The van der Waals surface area contributed by atoms with Gasteiger partial charge in [-0.1, -0.05) is 59.6 Å². The zero-order valence-corrected chi connectivity index (χ0v) is 41.6. The number of ether oxygens (including phenoxy) is 3. The van der Waals surface area contributed by atoms with Crippen LogP contribution in [0.3, 0.4) is 0 Å². The number of benzene rings is 8. The Balaban J connectivity index is 0.000000144. The number of hydrogen-bond donors (Lipinski definition) is 6. The van der Waals surface area contributed by atoms with Gasteiger partial charge in [-0.05, 0) is 122 Å². The molecule has 2 aromatic heterocycles. The first-order valence-corrected chi connectivity index (χ1v) is 22.9. The highest BCUT2D eigenvalue weighted by Crippen LogP contribution is 2.32. The Bertz CT molecular complexity index is 3550. The van der Waals surface area contributed by atoms with Crippen LogP contribution in [0, 0.1) is 13.8 Å². The summed E-state index contributed by atoms with van der Waals surface area (Å²) in [5.41, 5.74) is 6.49. The standard InChI is InChI=1S/C15H14O5.C14H12O4.C13H9Cl2N3O.C13H11N3O/c1-19-9-3-5-11(13(16)7-9)15(18)12-6-4-10(20-2)8-14(12)17;1-18-9-6-7-11(13(16)8-9)14(17)10-4-2-3-5-12(10)15;1-7-2-3-13(19)12(4-7)18-16-10-5-8(14)9(15)6-11(10)17-18;1-9-6-7-13(17)12(8-9)16-14-10-4-2-3-5-11(10)15-16/h3-8,16-17H,1-2H3;2-8,15-16H,1H3;2-6,19H,1H3;2-8,17H,1H3. The summed E-state index contributed by atoms with van der Waals surface area (Å²) in [5.74, 6) is 0.0179. The van der Waals surface area contributed by atoms with Gasteiger partial charge in [-0.25, -0.2) is 0 Å². The van der Waals surface area contributed by atoms with Crippen molar-refractivity contribution in [1.29, 1.82) is 0 Å². The van der Waals surface area contributed by atoms with Crippen LogP contribution in [0.15, 0.2) is 152 Å². The van der Waals surface area contributed by atoms with Crippen molar-refractivity contribution in [3.63, 3.8) is 0 Å². The van der Waals surface area contributed by atoms with E-state index in [-0.39, 0.29) is 56.8 Å². The summed E-state index contributed by atoms with van der Waals surface area (Å²) in [4.78, 5) is 27.3. The molecular weight excluding hydrogens is 992 g/mol. The number of phenols is 6. The predicted octanol–water partition coefficient (Wildman–Crippen LogP) is 10.9. The Morgan fingerprint density at radius 3 is 1.08 bits per heavy atom. The molecule has 0 radical (unpaired) electrons. The van der Waals surface area contributed by atoms with E-state index in [4.69, 9.17) is 37.4 Å². The first kappa shape index (κ1) is 52.5. The largest absolute Gasteiger partial charge is 0.507 e. The van der Waals surface area contributed by atoms with Gasteiger partial charge in [-0.3, -0.25) is 9.59 Å². The van der Waals surface area contributed by atoms with Crippen LogP contribution in [0.1, 0.15) is 43.0 Å². The lowest BCUT2D eigenvalue weighted by Crippen LogP contribution is -2.02.